The van der Waals surface area contributed by atoms with Crippen LogP contribution in [-0.4, -0.2) is 23.8 Å². The van der Waals surface area contributed by atoms with E-state index in [1.165, 1.54) is 32.1 Å². The van der Waals surface area contributed by atoms with Gasteiger partial charge in [0.25, 0.3) is 0 Å². The average Bonchev–Trinajstić information content (AvgIpc) is 2.57. The van der Waals surface area contributed by atoms with Gasteiger partial charge in [-0.15, -0.1) is 0 Å². The zero-order chi connectivity index (χ0) is 10.4. The summed E-state index contributed by atoms with van der Waals surface area (Å²) in [6.07, 6.45) is 12.1. The monoisotopic (exact) mass is 207 g/mol. The van der Waals surface area contributed by atoms with Crippen LogP contribution in [0.2, 0.25) is 0 Å². The van der Waals surface area contributed by atoms with Crippen LogP contribution < -0.4 is 5.32 Å². The predicted octanol–water partition coefficient (Wildman–Crippen LogP) is 1.85. The minimum Gasteiger partial charge on any atom is -0.385 e. The maximum absolute atomic E-state index is 10.5. The second kappa shape index (κ2) is 3.33. The summed E-state index contributed by atoms with van der Waals surface area (Å²) in [5.41, 5.74) is -0.0114. The van der Waals surface area contributed by atoms with E-state index in [1.807, 2.05) is 0 Å². The molecule has 1 saturated heterocycles. The van der Waals surface area contributed by atoms with Crippen LogP contribution in [0.1, 0.15) is 38.5 Å². The van der Waals surface area contributed by atoms with E-state index in [1.54, 1.807) is 0 Å². The van der Waals surface area contributed by atoms with Crippen LogP contribution >= 0.6 is 0 Å². The second-order valence-electron chi connectivity index (χ2n) is 5.75. The predicted molar refractivity (Wildman–Crippen MR) is 60.6 cm³/mol. The molecule has 3 rings (SSSR count). The van der Waals surface area contributed by atoms with Gasteiger partial charge < -0.3 is 10.4 Å². The smallest absolute Gasteiger partial charge is 0.0880 e. The van der Waals surface area contributed by atoms with Crippen molar-refractivity contribution in [2.75, 3.05) is 13.1 Å². The lowest BCUT2D eigenvalue weighted by Gasteiger charge is -2.45. The Morgan fingerprint density at radius 3 is 2.20 bits per heavy atom. The molecule has 2 N–H and O–H groups in total. The second-order valence-corrected chi connectivity index (χ2v) is 5.75. The van der Waals surface area contributed by atoms with Crippen LogP contribution in [0.25, 0.3) is 0 Å². The van der Waals surface area contributed by atoms with E-state index >= 15 is 0 Å². The van der Waals surface area contributed by atoms with E-state index in [0.29, 0.717) is 11.3 Å². The van der Waals surface area contributed by atoms with Gasteiger partial charge in [0.1, 0.15) is 0 Å². The molecular weight excluding hydrogens is 186 g/mol. The molecule has 1 unspecified atom stereocenters. The molecule has 0 radical (unpaired) electrons. The van der Waals surface area contributed by atoms with Crippen molar-refractivity contribution in [3.63, 3.8) is 0 Å². The Kier molecular flexibility index (Phi) is 2.18. The van der Waals surface area contributed by atoms with Crippen LogP contribution in [-0.2, 0) is 0 Å². The van der Waals surface area contributed by atoms with Gasteiger partial charge in [0.15, 0.2) is 0 Å². The number of rotatable bonds is 1. The summed E-state index contributed by atoms with van der Waals surface area (Å²) in [7, 11) is 0. The van der Waals surface area contributed by atoms with Crippen LogP contribution in [0.3, 0.4) is 0 Å². The molecule has 15 heavy (non-hydrogen) atoms. The van der Waals surface area contributed by atoms with Gasteiger partial charge in [0, 0.05) is 19.0 Å². The van der Waals surface area contributed by atoms with Gasteiger partial charge in [-0.2, -0.15) is 0 Å². The third kappa shape index (κ3) is 1.55. The summed E-state index contributed by atoms with van der Waals surface area (Å²) in [4.78, 5) is 0. The van der Waals surface area contributed by atoms with E-state index < -0.39 is 5.60 Å². The Bertz CT molecular complexity index is 276. The lowest BCUT2D eigenvalue weighted by molar-refractivity contribution is -0.0189. The highest BCUT2D eigenvalue weighted by molar-refractivity contribution is 5.17. The van der Waals surface area contributed by atoms with Crippen LogP contribution in [0.4, 0.5) is 0 Å². The van der Waals surface area contributed by atoms with Crippen molar-refractivity contribution in [1.82, 2.24) is 5.32 Å². The first-order chi connectivity index (χ1) is 7.23. The molecule has 2 nitrogen and oxygen atoms in total. The largest absolute Gasteiger partial charge is 0.385 e. The minimum absolute atomic E-state index is 0.465. The summed E-state index contributed by atoms with van der Waals surface area (Å²) < 4.78 is 0. The van der Waals surface area contributed by atoms with Gasteiger partial charge in [-0.25, -0.2) is 0 Å². The molecule has 2 aliphatic carbocycles. The maximum Gasteiger partial charge on any atom is 0.0880 e. The first-order valence-corrected chi connectivity index (χ1v) is 6.36. The fourth-order valence-electron chi connectivity index (χ4n) is 3.42. The highest BCUT2D eigenvalue weighted by Crippen LogP contribution is 2.48. The van der Waals surface area contributed by atoms with Gasteiger partial charge in [-0.05, 0) is 31.1 Å². The summed E-state index contributed by atoms with van der Waals surface area (Å²) in [6.45, 7) is 1.99. The summed E-state index contributed by atoms with van der Waals surface area (Å²) in [6, 6.07) is 0. The number of allylic oxidation sites excluding steroid dienone is 1. The molecule has 3 aliphatic rings. The van der Waals surface area contributed by atoms with Gasteiger partial charge >= 0.3 is 0 Å². The third-order valence-corrected chi connectivity index (χ3v) is 4.84. The Morgan fingerprint density at radius 2 is 1.73 bits per heavy atom. The molecule has 1 saturated carbocycles. The molecule has 1 aliphatic heterocycles. The molecule has 0 aromatic rings. The van der Waals surface area contributed by atoms with Crippen molar-refractivity contribution in [3.8, 4) is 0 Å². The van der Waals surface area contributed by atoms with Crippen LogP contribution in [0, 0.1) is 11.3 Å². The Morgan fingerprint density at radius 1 is 1.00 bits per heavy atom. The standard InChI is InChI=1S/C13H21NO/c15-13(11-9-14-10-11)7-5-12(6-8-13)3-1-2-4-12/h5,7,11,14-15H,1-4,6,8-10H2. The fourth-order valence-corrected chi connectivity index (χ4v) is 3.42. The Hall–Kier alpha value is -0.340. The van der Waals surface area contributed by atoms with Crippen LogP contribution in [0.15, 0.2) is 12.2 Å². The van der Waals surface area contributed by atoms with Crippen molar-refractivity contribution in [2.24, 2.45) is 11.3 Å². The first-order valence-electron chi connectivity index (χ1n) is 6.36. The van der Waals surface area contributed by atoms with Crippen molar-refractivity contribution >= 4 is 0 Å². The number of aliphatic hydroxyl groups is 1. The highest BCUT2D eigenvalue weighted by atomic mass is 16.3. The summed E-state index contributed by atoms with van der Waals surface area (Å²) in [5.74, 6) is 0.465. The number of hydrogen-bond acceptors (Lipinski definition) is 2. The normalized spacial score (nSPS) is 39.5. The number of hydrogen-bond donors (Lipinski definition) is 2. The van der Waals surface area contributed by atoms with Crippen molar-refractivity contribution in [2.45, 2.75) is 44.1 Å². The molecule has 1 spiro atoms. The third-order valence-electron chi connectivity index (χ3n) is 4.84. The molecular formula is C13H21NO. The SMILES string of the molecule is OC1(C2CNC2)C=CC2(CCCC2)CC1. The first kappa shape index (κ1) is 9.86. The molecule has 0 aromatic carbocycles. The highest BCUT2D eigenvalue weighted by Gasteiger charge is 2.44. The zero-order valence-corrected chi connectivity index (χ0v) is 9.34. The zero-order valence-electron chi connectivity index (χ0n) is 9.34. The number of nitrogens with one attached hydrogen (secondary N) is 1. The molecule has 1 atom stereocenters. The molecule has 1 heterocycles. The Balaban J connectivity index is 1.75. The van der Waals surface area contributed by atoms with Crippen LogP contribution in [0.5, 0.6) is 0 Å². The summed E-state index contributed by atoms with van der Waals surface area (Å²) in [5, 5.41) is 13.8. The topological polar surface area (TPSA) is 32.3 Å². The molecule has 0 bridgehead atoms. The van der Waals surface area contributed by atoms with Gasteiger partial charge in [-0.3, -0.25) is 0 Å². The average molecular weight is 207 g/mol. The lowest BCUT2D eigenvalue weighted by atomic mass is 9.68. The van der Waals surface area contributed by atoms with E-state index in [-0.39, 0.29) is 0 Å². The van der Waals surface area contributed by atoms with E-state index in [4.69, 9.17) is 0 Å². The summed E-state index contributed by atoms with van der Waals surface area (Å²) >= 11 is 0. The quantitative estimate of drug-likeness (QED) is 0.643. The van der Waals surface area contributed by atoms with Gasteiger partial charge in [0.2, 0.25) is 0 Å². The van der Waals surface area contributed by atoms with E-state index in [9.17, 15) is 5.11 Å². The molecule has 2 fully saturated rings. The fraction of sp³-hybridized carbons (Fsp3) is 0.846. The maximum atomic E-state index is 10.5. The van der Waals surface area contributed by atoms with E-state index in [2.05, 4.69) is 17.5 Å². The molecule has 2 heteroatoms. The van der Waals surface area contributed by atoms with Crippen molar-refractivity contribution in [1.29, 1.82) is 0 Å². The minimum atomic E-state index is -0.487. The molecule has 84 valence electrons. The van der Waals surface area contributed by atoms with Gasteiger partial charge in [0.05, 0.1) is 5.60 Å². The van der Waals surface area contributed by atoms with Crippen molar-refractivity contribution in [3.05, 3.63) is 12.2 Å². The van der Waals surface area contributed by atoms with Crippen molar-refractivity contribution < 1.29 is 5.11 Å². The van der Waals surface area contributed by atoms with E-state index in [0.717, 1.165) is 19.5 Å². The lowest BCUT2D eigenvalue weighted by Crippen LogP contribution is -2.56. The molecule has 0 aromatic heterocycles. The van der Waals surface area contributed by atoms with Gasteiger partial charge in [-0.1, -0.05) is 25.0 Å². The Labute approximate surface area is 91.8 Å². The molecule has 0 amide bonds.